The zero-order valence-electron chi connectivity index (χ0n) is 12.6. The molecule has 2 aromatic carbocycles. The van der Waals surface area contributed by atoms with Gasteiger partial charge in [0, 0.05) is 11.6 Å². The van der Waals surface area contributed by atoms with Gasteiger partial charge in [-0.2, -0.15) is 0 Å². The lowest BCUT2D eigenvalue weighted by Gasteiger charge is -2.09. The molecule has 2 rings (SSSR count). The van der Waals surface area contributed by atoms with E-state index in [-0.39, 0.29) is 4.90 Å². The first-order valence-corrected chi connectivity index (χ1v) is 9.66. The number of hydrogen-bond donors (Lipinski definition) is 1. The number of methoxy groups -OCH3 is 1. The van der Waals surface area contributed by atoms with Crippen LogP contribution in [-0.4, -0.2) is 22.1 Å². The summed E-state index contributed by atoms with van der Waals surface area (Å²) in [6.45, 7) is 0.344. The molecule has 0 radical (unpaired) electrons. The molecule has 0 unspecified atom stereocenters. The summed E-state index contributed by atoms with van der Waals surface area (Å²) in [5, 5.41) is 0.703. The van der Waals surface area contributed by atoms with Crippen molar-refractivity contribution >= 4 is 37.6 Å². The second-order valence-corrected chi connectivity index (χ2v) is 7.92. The highest BCUT2D eigenvalue weighted by atomic mass is 79.9. The normalized spacial score (nSPS) is 11.4. The van der Waals surface area contributed by atoms with Gasteiger partial charge in [-0.25, -0.2) is 13.1 Å². The number of halogens is 2. The Morgan fingerprint density at radius 1 is 1.22 bits per heavy atom. The van der Waals surface area contributed by atoms with E-state index in [4.69, 9.17) is 16.3 Å². The number of nitrogens with one attached hydrogen (secondary N) is 1. The summed E-state index contributed by atoms with van der Waals surface area (Å²) >= 11 is 9.37. The molecule has 0 bridgehead atoms. The largest absolute Gasteiger partial charge is 0.496 e. The molecule has 0 aliphatic heterocycles. The van der Waals surface area contributed by atoms with Crippen LogP contribution in [0.1, 0.15) is 12.0 Å². The van der Waals surface area contributed by atoms with E-state index in [1.807, 2.05) is 24.3 Å². The van der Waals surface area contributed by atoms with Gasteiger partial charge >= 0.3 is 0 Å². The highest BCUT2D eigenvalue weighted by molar-refractivity contribution is 9.10. The van der Waals surface area contributed by atoms with Gasteiger partial charge in [0.2, 0.25) is 10.0 Å². The molecule has 0 atom stereocenters. The van der Waals surface area contributed by atoms with Crippen molar-refractivity contribution in [1.82, 2.24) is 4.72 Å². The lowest BCUT2D eigenvalue weighted by atomic mass is 10.1. The van der Waals surface area contributed by atoms with Gasteiger partial charge in [-0.15, -0.1) is 0 Å². The van der Waals surface area contributed by atoms with Crippen molar-refractivity contribution in [3.05, 3.63) is 57.5 Å². The minimum atomic E-state index is -3.54. The van der Waals surface area contributed by atoms with Crippen LogP contribution in [0.25, 0.3) is 0 Å². The molecule has 0 saturated carbocycles. The Morgan fingerprint density at radius 2 is 1.96 bits per heavy atom. The van der Waals surface area contributed by atoms with E-state index in [9.17, 15) is 8.42 Å². The average molecular weight is 419 g/mol. The van der Waals surface area contributed by atoms with Crippen molar-refractivity contribution in [2.75, 3.05) is 13.7 Å². The van der Waals surface area contributed by atoms with E-state index in [0.29, 0.717) is 34.6 Å². The van der Waals surface area contributed by atoms with Gasteiger partial charge in [0.25, 0.3) is 0 Å². The number of aryl methyl sites for hydroxylation is 1. The van der Waals surface area contributed by atoms with Gasteiger partial charge in [-0.1, -0.05) is 29.8 Å². The SMILES string of the molecule is COc1ccc(S(=O)(=O)NCCCc2ccccc2Cl)cc1Br. The maximum absolute atomic E-state index is 12.3. The molecule has 0 aliphatic carbocycles. The Morgan fingerprint density at radius 3 is 2.61 bits per heavy atom. The van der Waals surface area contributed by atoms with Crippen LogP contribution in [-0.2, 0) is 16.4 Å². The minimum Gasteiger partial charge on any atom is -0.496 e. The van der Waals surface area contributed by atoms with E-state index in [0.717, 1.165) is 5.56 Å². The molecule has 0 heterocycles. The number of rotatable bonds is 7. The van der Waals surface area contributed by atoms with Gasteiger partial charge in [0.1, 0.15) is 5.75 Å². The summed E-state index contributed by atoms with van der Waals surface area (Å²) < 4.78 is 32.8. The third-order valence-electron chi connectivity index (χ3n) is 3.31. The van der Waals surface area contributed by atoms with Crippen molar-refractivity contribution in [1.29, 1.82) is 0 Å². The fraction of sp³-hybridized carbons (Fsp3) is 0.250. The second kappa shape index (κ2) is 8.15. The first kappa shape index (κ1) is 18.3. The van der Waals surface area contributed by atoms with Gasteiger partial charge in [-0.3, -0.25) is 0 Å². The Balaban J connectivity index is 1.94. The van der Waals surface area contributed by atoms with Crippen LogP contribution in [0, 0.1) is 0 Å². The molecule has 1 N–H and O–H groups in total. The molecule has 0 saturated heterocycles. The molecule has 7 heteroatoms. The molecular weight excluding hydrogens is 402 g/mol. The highest BCUT2D eigenvalue weighted by Gasteiger charge is 2.15. The Labute approximate surface area is 150 Å². The first-order valence-electron chi connectivity index (χ1n) is 7.00. The summed E-state index contributed by atoms with van der Waals surface area (Å²) in [5.74, 6) is 0.586. The molecule has 124 valence electrons. The van der Waals surface area contributed by atoms with E-state index in [1.165, 1.54) is 19.2 Å². The van der Waals surface area contributed by atoms with E-state index >= 15 is 0 Å². The van der Waals surface area contributed by atoms with Crippen LogP contribution >= 0.6 is 27.5 Å². The van der Waals surface area contributed by atoms with Crippen molar-refractivity contribution in [3.8, 4) is 5.75 Å². The summed E-state index contributed by atoms with van der Waals surface area (Å²) in [4.78, 5) is 0.197. The third kappa shape index (κ3) is 4.94. The van der Waals surface area contributed by atoms with Crippen LogP contribution in [0.2, 0.25) is 5.02 Å². The zero-order chi connectivity index (χ0) is 16.9. The Hall–Kier alpha value is -1.08. The van der Waals surface area contributed by atoms with Crippen LogP contribution in [0.3, 0.4) is 0 Å². The number of sulfonamides is 1. The molecule has 0 amide bonds. The van der Waals surface area contributed by atoms with E-state index in [2.05, 4.69) is 20.7 Å². The lowest BCUT2D eigenvalue weighted by Crippen LogP contribution is -2.25. The minimum absolute atomic E-state index is 0.197. The molecule has 0 fully saturated rings. The highest BCUT2D eigenvalue weighted by Crippen LogP contribution is 2.27. The Bertz CT molecular complexity index is 781. The predicted octanol–water partition coefficient (Wildman–Crippen LogP) is 4.02. The Kier molecular flexibility index (Phi) is 6.47. The van der Waals surface area contributed by atoms with Gasteiger partial charge in [-0.05, 0) is 58.6 Å². The summed E-state index contributed by atoms with van der Waals surface area (Å²) in [6.07, 6.45) is 1.38. The average Bonchev–Trinajstić information content (AvgIpc) is 2.53. The summed E-state index contributed by atoms with van der Waals surface area (Å²) in [5.41, 5.74) is 1.01. The molecule has 0 aliphatic rings. The molecule has 0 aromatic heterocycles. The van der Waals surface area contributed by atoms with Crippen LogP contribution in [0.5, 0.6) is 5.75 Å². The van der Waals surface area contributed by atoms with Crippen molar-refractivity contribution in [2.24, 2.45) is 0 Å². The molecule has 4 nitrogen and oxygen atoms in total. The number of benzene rings is 2. The van der Waals surface area contributed by atoms with Crippen LogP contribution < -0.4 is 9.46 Å². The molecule has 23 heavy (non-hydrogen) atoms. The third-order valence-corrected chi connectivity index (χ3v) is 5.75. The second-order valence-electron chi connectivity index (χ2n) is 4.89. The molecule has 0 spiro atoms. The van der Waals surface area contributed by atoms with Gasteiger partial charge in [0.15, 0.2) is 0 Å². The number of hydrogen-bond acceptors (Lipinski definition) is 3. The van der Waals surface area contributed by atoms with Crippen LogP contribution in [0.15, 0.2) is 51.8 Å². The molecular formula is C16H17BrClNO3S. The van der Waals surface area contributed by atoms with E-state index < -0.39 is 10.0 Å². The smallest absolute Gasteiger partial charge is 0.240 e. The fourth-order valence-electron chi connectivity index (χ4n) is 2.08. The van der Waals surface area contributed by atoms with Crippen molar-refractivity contribution < 1.29 is 13.2 Å². The maximum atomic E-state index is 12.3. The van der Waals surface area contributed by atoms with E-state index in [1.54, 1.807) is 6.07 Å². The van der Waals surface area contributed by atoms with Crippen LogP contribution in [0.4, 0.5) is 0 Å². The molecule has 2 aromatic rings. The predicted molar refractivity (Wildman–Crippen MR) is 95.7 cm³/mol. The monoisotopic (exact) mass is 417 g/mol. The van der Waals surface area contributed by atoms with Crippen molar-refractivity contribution in [3.63, 3.8) is 0 Å². The summed E-state index contributed by atoms with van der Waals surface area (Å²) in [7, 11) is -2.01. The summed E-state index contributed by atoms with van der Waals surface area (Å²) in [6, 6.07) is 12.2. The standard InChI is InChI=1S/C16H17BrClNO3S/c1-22-16-9-8-13(11-14(16)17)23(20,21)19-10-4-6-12-5-2-3-7-15(12)18/h2-3,5,7-9,11,19H,4,6,10H2,1H3. The topological polar surface area (TPSA) is 55.4 Å². The zero-order valence-corrected chi connectivity index (χ0v) is 15.7. The maximum Gasteiger partial charge on any atom is 0.240 e. The lowest BCUT2D eigenvalue weighted by molar-refractivity contribution is 0.411. The van der Waals surface area contributed by atoms with Gasteiger partial charge in [0.05, 0.1) is 16.5 Å². The quantitative estimate of drug-likeness (QED) is 0.691. The van der Waals surface area contributed by atoms with Crippen molar-refractivity contribution in [2.45, 2.75) is 17.7 Å². The number of ether oxygens (including phenoxy) is 1. The van der Waals surface area contributed by atoms with Gasteiger partial charge < -0.3 is 4.74 Å². The fourth-order valence-corrected chi connectivity index (χ4v) is 4.11. The first-order chi connectivity index (χ1) is 10.9.